The summed E-state index contributed by atoms with van der Waals surface area (Å²) in [6.45, 7) is 3.16. The number of amides is 2. The van der Waals surface area contributed by atoms with Crippen LogP contribution in [-0.4, -0.2) is 72.8 Å². The molecule has 2 amide bonds. The highest BCUT2D eigenvalue weighted by atomic mass is 32.1. The first kappa shape index (κ1) is 16.3. The molecule has 25 heavy (non-hydrogen) atoms. The molecule has 0 aromatic carbocycles. The molecular weight excluding hydrogens is 342 g/mol. The highest BCUT2D eigenvalue weighted by molar-refractivity contribution is 7.10. The van der Waals surface area contributed by atoms with Crippen molar-refractivity contribution in [1.82, 2.24) is 9.80 Å². The summed E-state index contributed by atoms with van der Waals surface area (Å²) in [4.78, 5) is 35.0. The number of ether oxygens (including phenoxy) is 1. The molecule has 1 aromatic heterocycles. The molecule has 3 aliphatic rings. The number of nitrogens with zero attached hydrogens (tertiary/aromatic N) is 3. The largest absolute Gasteiger partial charge is 0.389 e. The van der Waals surface area contributed by atoms with Gasteiger partial charge in [0.2, 0.25) is 5.91 Å². The van der Waals surface area contributed by atoms with Gasteiger partial charge in [-0.2, -0.15) is 0 Å². The predicted molar refractivity (Wildman–Crippen MR) is 93.1 cm³/mol. The standard InChI is InChI=1S/C17H19N3O4S/c21-15(4-3-12-2-1-9-25-12)20-10-13-14(11-20)24-18-16(13)17(22)19-5-7-23-8-6-19/h1-4,9,13-14H,5-8,10-11H2/b4-3+/t13-,14+/m0/s1. The second kappa shape index (κ2) is 6.97. The quantitative estimate of drug-likeness (QED) is 0.748. The fourth-order valence-corrected chi connectivity index (χ4v) is 3.90. The number of thiophene rings is 1. The molecule has 0 bridgehead atoms. The lowest BCUT2D eigenvalue weighted by atomic mass is 10.00. The maximum atomic E-state index is 12.6. The zero-order valence-corrected chi connectivity index (χ0v) is 14.5. The molecule has 2 saturated heterocycles. The maximum Gasteiger partial charge on any atom is 0.272 e. The molecule has 3 aliphatic heterocycles. The molecule has 0 radical (unpaired) electrons. The van der Waals surface area contributed by atoms with Gasteiger partial charge >= 0.3 is 0 Å². The van der Waals surface area contributed by atoms with Crippen LogP contribution in [0, 0.1) is 5.92 Å². The van der Waals surface area contributed by atoms with Gasteiger partial charge in [-0.3, -0.25) is 9.59 Å². The van der Waals surface area contributed by atoms with E-state index in [2.05, 4.69) is 5.16 Å². The fraction of sp³-hybridized carbons (Fsp3) is 0.471. The van der Waals surface area contributed by atoms with Gasteiger partial charge in [-0.1, -0.05) is 11.2 Å². The van der Waals surface area contributed by atoms with E-state index in [-0.39, 0.29) is 23.8 Å². The van der Waals surface area contributed by atoms with Crippen LogP contribution >= 0.6 is 11.3 Å². The Morgan fingerprint density at radius 2 is 2.08 bits per heavy atom. The van der Waals surface area contributed by atoms with Gasteiger partial charge in [-0.25, -0.2) is 0 Å². The van der Waals surface area contributed by atoms with Crippen LogP contribution in [0.3, 0.4) is 0 Å². The minimum Gasteiger partial charge on any atom is -0.389 e. The molecule has 8 heteroatoms. The van der Waals surface area contributed by atoms with E-state index < -0.39 is 0 Å². The van der Waals surface area contributed by atoms with Crippen molar-refractivity contribution in [3.63, 3.8) is 0 Å². The fourth-order valence-electron chi connectivity index (χ4n) is 3.29. The molecule has 4 heterocycles. The first-order chi connectivity index (χ1) is 12.2. The first-order valence-corrected chi connectivity index (χ1v) is 9.21. The Labute approximate surface area is 149 Å². The average molecular weight is 361 g/mol. The van der Waals surface area contributed by atoms with Gasteiger partial charge in [0.1, 0.15) is 0 Å². The highest BCUT2D eigenvalue weighted by Gasteiger charge is 2.46. The van der Waals surface area contributed by atoms with Crippen LogP contribution in [0.2, 0.25) is 0 Å². The van der Waals surface area contributed by atoms with Crippen LogP contribution in [0.5, 0.6) is 0 Å². The van der Waals surface area contributed by atoms with Crippen molar-refractivity contribution in [2.75, 3.05) is 39.4 Å². The zero-order valence-electron chi connectivity index (χ0n) is 13.7. The Bertz CT molecular complexity index is 709. The topological polar surface area (TPSA) is 71.4 Å². The molecule has 132 valence electrons. The van der Waals surface area contributed by atoms with Crippen molar-refractivity contribution >= 4 is 34.9 Å². The van der Waals surface area contributed by atoms with Gasteiger partial charge in [0.15, 0.2) is 11.8 Å². The number of carbonyl (C=O) groups is 2. The molecule has 0 N–H and O–H groups in total. The van der Waals surface area contributed by atoms with Crippen molar-refractivity contribution in [3.8, 4) is 0 Å². The first-order valence-electron chi connectivity index (χ1n) is 8.33. The smallest absolute Gasteiger partial charge is 0.272 e. The van der Waals surface area contributed by atoms with Gasteiger partial charge in [0.05, 0.1) is 25.7 Å². The minimum absolute atomic E-state index is 0.0652. The Morgan fingerprint density at radius 3 is 2.84 bits per heavy atom. The second-order valence-corrected chi connectivity index (χ2v) is 7.20. The number of rotatable bonds is 3. The molecule has 2 fully saturated rings. The number of oxime groups is 1. The third-order valence-electron chi connectivity index (χ3n) is 4.67. The van der Waals surface area contributed by atoms with Crippen LogP contribution in [0.15, 0.2) is 28.7 Å². The van der Waals surface area contributed by atoms with E-state index in [1.807, 2.05) is 23.6 Å². The summed E-state index contributed by atoms with van der Waals surface area (Å²) < 4.78 is 5.28. The molecular formula is C17H19N3O4S. The molecule has 7 nitrogen and oxygen atoms in total. The van der Waals surface area contributed by atoms with Crippen LogP contribution in [0.1, 0.15) is 4.88 Å². The number of hydrogen-bond donors (Lipinski definition) is 0. The van der Waals surface area contributed by atoms with Gasteiger partial charge in [0.25, 0.3) is 5.91 Å². The molecule has 0 unspecified atom stereocenters. The molecule has 2 atom stereocenters. The molecule has 0 aliphatic carbocycles. The maximum absolute atomic E-state index is 12.6. The van der Waals surface area contributed by atoms with Gasteiger partial charge < -0.3 is 19.4 Å². The summed E-state index contributed by atoms with van der Waals surface area (Å²) in [6.07, 6.45) is 3.17. The highest BCUT2D eigenvalue weighted by Crippen LogP contribution is 2.28. The average Bonchev–Trinajstić information content (AvgIpc) is 3.36. The van der Waals surface area contributed by atoms with E-state index in [0.717, 1.165) is 4.88 Å². The monoisotopic (exact) mass is 361 g/mol. The van der Waals surface area contributed by atoms with Gasteiger partial charge in [0, 0.05) is 30.6 Å². The minimum atomic E-state index is -0.223. The Hall–Kier alpha value is -2.19. The van der Waals surface area contributed by atoms with Crippen molar-refractivity contribution in [3.05, 3.63) is 28.5 Å². The number of hydrogen-bond acceptors (Lipinski definition) is 6. The molecule has 1 aromatic rings. The van der Waals surface area contributed by atoms with Crippen LogP contribution < -0.4 is 0 Å². The van der Waals surface area contributed by atoms with Crippen molar-refractivity contribution < 1.29 is 19.2 Å². The molecule has 4 rings (SSSR count). The van der Waals surface area contributed by atoms with Crippen molar-refractivity contribution in [2.45, 2.75) is 6.10 Å². The van der Waals surface area contributed by atoms with Crippen molar-refractivity contribution in [1.29, 1.82) is 0 Å². The van der Waals surface area contributed by atoms with Gasteiger partial charge in [-0.15, -0.1) is 11.3 Å². The van der Waals surface area contributed by atoms with Gasteiger partial charge in [-0.05, 0) is 17.5 Å². The summed E-state index contributed by atoms with van der Waals surface area (Å²) in [7, 11) is 0. The Kier molecular flexibility index (Phi) is 4.54. The summed E-state index contributed by atoms with van der Waals surface area (Å²) in [5.41, 5.74) is 0.435. The number of likely N-dealkylation sites (tertiary alicyclic amines) is 1. The Morgan fingerprint density at radius 1 is 1.24 bits per heavy atom. The molecule has 0 saturated carbocycles. The lowest BCUT2D eigenvalue weighted by molar-refractivity contribution is -0.128. The summed E-state index contributed by atoms with van der Waals surface area (Å²) >= 11 is 1.58. The third kappa shape index (κ3) is 3.32. The van der Waals surface area contributed by atoms with E-state index in [9.17, 15) is 9.59 Å². The third-order valence-corrected chi connectivity index (χ3v) is 5.50. The lowest BCUT2D eigenvalue weighted by Crippen LogP contribution is -2.46. The lowest BCUT2D eigenvalue weighted by Gasteiger charge is -2.27. The van der Waals surface area contributed by atoms with Crippen molar-refractivity contribution in [2.24, 2.45) is 11.1 Å². The van der Waals surface area contributed by atoms with Crippen LogP contribution in [-0.2, 0) is 19.2 Å². The number of fused-ring (bicyclic) bond motifs is 1. The summed E-state index contributed by atoms with van der Waals surface area (Å²) in [6, 6.07) is 3.91. The Balaban J connectivity index is 1.39. The van der Waals surface area contributed by atoms with E-state index in [1.54, 1.807) is 27.2 Å². The number of carbonyl (C=O) groups excluding carboxylic acids is 2. The normalized spacial score (nSPS) is 25.8. The summed E-state index contributed by atoms with van der Waals surface area (Å²) in [5.74, 6) is -0.307. The predicted octanol–water partition coefficient (Wildman–Crippen LogP) is 0.833. The van der Waals surface area contributed by atoms with E-state index in [1.165, 1.54) is 0 Å². The van der Waals surface area contributed by atoms with Crippen LogP contribution in [0.25, 0.3) is 6.08 Å². The summed E-state index contributed by atoms with van der Waals surface area (Å²) in [5, 5.41) is 5.98. The van der Waals surface area contributed by atoms with E-state index in [4.69, 9.17) is 9.57 Å². The molecule has 0 spiro atoms. The van der Waals surface area contributed by atoms with E-state index >= 15 is 0 Å². The second-order valence-electron chi connectivity index (χ2n) is 6.22. The van der Waals surface area contributed by atoms with Crippen LogP contribution in [0.4, 0.5) is 0 Å². The number of morpholine rings is 1. The zero-order chi connectivity index (χ0) is 17.2. The SMILES string of the molecule is O=C(/C=C/c1cccs1)N1C[C@@H]2C(C(=O)N3CCOCC3)=NO[C@@H]2C1. The van der Waals surface area contributed by atoms with E-state index in [0.29, 0.717) is 45.1 Å².